The Labute approximate surface area is 100 Å². The lowest BCUT2D eigenvalue weighted by Gasteiger charge is -2.39. The molecule has 1 saturated heterocycles. The molecule has 3 heteroatoms. The standard InChI is InChI=1S/C13H28N2O/c1-4-6-12(14)13(5-2)15(3)11-7-9-16-10-8-11/h11-13H,4-10,14H2,1-3H3. The van der Waals surface area contributed by atoms with Crippen molar-refractivity contribution in [2.45, 2.75) is 64.1 Å². The zero-order valence-electron chi connectivity index (χ0n) is 11.1. The predicted molar refractivity (Wildman–Crippen MR) is 68.6 cm³/mol. The molecule has 2 unspecified atom stereocenters. The van der Waals surface area contributed by atoms with E-state index in [2.05, 4.69) is 25.8 Å². The van der Waals surface area contributed by atoms with Crippen molar-refractivity contribution in [2.24, 2.45) is 5.73 Å². The van der Waals surface area contributed by atoms with Gasteiger partial charge in [0, 0.05) is 31.3 Å². The van der Waals surface area contributed by atoms with Gasteiger partial charge in [-0.1, -0.05) is 20.3 Å². The monoisotopic (exact) mass is 228 g/mol. The number of hydrogen-bond acceptors (Lipinski definition) is 3. The Bertz CT molecular complexity index is 181. The first-order valence-electron chi connectivity index (χ1n) is 6.75. The third-order valence-electron chi connectivity index (χ3n) is 3.82. The van der Waals surface area contributed by atoms with Gasteiger partial charge in [0.05, 0.1) is 0 Å². The number of ether oxygens (including phenoxy) is 1. The summed E-state index contributed by atoms with van der Waals surface area (Å²) in [5.74, 6) is 0. The molecule has 1 aliphatic heterocycles. The van der Waals surface area contributed by atoms with Gasteiger partial charge in [0.1, 0.15) is 0 Å². The van der Waals surface area contributed by atoms with E-state index >= 15 is 0 Å². The van der Waals surface area contributed by atoms with Crippen LogP contribution >= 0.6 is 0 Å². The van der Waals surface area contributed by atoms with Crippen LogP contribution in [0.3, 0.4) is 0 Å². The van der Waals surface area contributed by atoms with E-state index in [0.29, 0.717) is 18.1 Å². The number of nitrogens with two attached hydrogens (primary N) is 1. The summed E-state index contributed by atoms with van der Waals surface area (Å²) in [6.45, 7) is 6.28. The minimum Gasteiger partial charge on any atom is -0.381 e. The first kappa shape index (κ1) is 13.9. The van der Waals surface area contributed by atoms with Gasteiger partial charge in [0.2, 0.25) is 0 Å². The maximum atomic E-state index is 6.27. The molecule has 0 amide bonds. The van der Waals surface area contributed by atoms with Crippen molar-refractivity contribution in [1.29, 1.82) is 0 Å². The molecule has 0 aliphatic carbocycles. The van der Waals surface area contributed by atoms with E-state index in [1.807, 2.05) is 0 Å². The van der Waals surface area contributed by atoms with Gasteiger partial charge in [-0.3, -0.25) is 4.90 Å². The SMILES string of the molecule is CCCC(N)C(CC)N(C)C1CCOCC1. The lowest BCUT2D eigenvalue weighted by molar-refractivity contribution is 0.0227. The molecule has 0 saturated carbocycles. The molecule has 0 bridgehead atoms. The van der Waals surface area contributed by atoms with Crippen LogP contribution in [0.5, 0.6) is 0 Å². The van der Waals surface area contributed by atoms with Crippen LogP contribution in [0, 0.1) is 0 Å². The maximum Gasteiger partial charge on any atom is 0.0480 e. The molecule has 1 fully saturated rings. The highest BCUT2D eigenvalue weighted by molar-refractivity contribution is 4.84. The van der Waals surface area contributed by atoms with Crippen LogP contribution in [-0.2, 0) is 4.74 Å². The zero-order valence-corrected chi connectivity index (χ0v) is 11.1. The Morgan fingerprint density at radius 1 is 1.31 bits per heavy atom. The van der Waals surface area contributed by atoms with Crippen molar-refractivity contribution in [3.8, 4) is 0 Å². The largest absolute Gasteiger partial charge is 0.381 e. The number of nitrogens with zero attached hydrogens (tertiary/aromatic N) is 1. The summed E-state index contributed by atoms with van der Waals surface area (Å²) in [6, 6.07) is 1.52. The minimum absolute atomic E-state index is 0.322. The lowest BCUT2D eigenvalue weighted by Crippen LogP contribution is -2.51. The van der Waals surface area contributed by atoms with Gasteiger partial charge in [-0.05, 0) is 32.7 Å². The van der Waals surface area contributed by atoms with Crippen LogP contribution in [-0.4, -0.2) is 43.3 Å². The molecule has 16 heavy (non-hydrogen) atoms. The predicted octanol–water partition coefficient (Wildman–Crippen LogP) is 2.00. The van der Waals surface area contributed by atoms with E-state index in [0.717, 1.165) is 38.9 Å². The second-order valence-electron chi connectivity index (χ2n) is 4.94. The fourth-order valence-electron chi connectivity index (χ4n) is 2.78. The number of rotatable bonds is 6. The highest BCUT2D eigenvalue weighted by Gasteiger charge is 2.27. The van der Waals surface area contributed by atoms with E-state index in [1.54, 1.807) is 0 Å². The van der Waals surface area contributed by atoms with Crippen LogP contribution in [0.4, 0.5) is 0 Å². The second kappa shape index (κ2) is 7.25. The van der Waals surface area contributed by atoms with Gasteiger partial charge >= 0.3 is 0 Å². The first-order valence-corrected chi connectivity index (χ1v) is 6.75. The van der Waals surface area contributed by atoms with Crippen molar-refractivity contribution in [1.82, 2.24) is 4.90 Å². The summed E-state index contributed by atoms with van der Waals surface area (Å²) >= 11 is 0. The van der Waals surface area contributed by atoms with E-state index < -0.39 is 0 Å². The molecule has 2 atom stereocenters. The average Bonchev–Trinajstić information content (AvgIpc) is 2.31. The van der Waals surface area contributed by atoms with Gasteiger partial charge in [0.15, 0.2) is 0 Å². The summed E-state index contributed by atoms with van der Waals surface area (Å²) in [5.41, 5.74) is 6.27. The molecule has 3 nitrogen and oxygen atoms in total. The van der Waals surface area contributed by atoms with E-state index in [4.69, 9.17) is 10.5 Å². The third-order valence-corrected chi connectivity index (χ3v) is 3.82. The molecule has 1 aliphatic rings. The molecule has 0 aromatic carbocycles. The van der Waals surface area contributed by atoms with Gasteiger partial charge in [0.25, 0.3) is 0 Å². The van der Waals surface area contributed by atoms with Crippen molar-refractivity contribution in [3.05, 3.63) is 0 Å². The van der Waals surface area contributed by atoms with E-state index in [9.17, 15) is 0 Å². The molecule has 1 heterocycles. The van der Waals surface area contributed by atoms with Gasteiger partial charge in [-0.25, -0.2) is 0 Å². The number of likely N-dealkylation sites (N-methyl/N-ethyl adjacent to an activating group) is 1. The van der Waals surface area contributed by atoms with E-state index in [-0.39, 0.29) is 0 Å². The Balaban J connectivity index is 2.49. The smallest absolute Gasteiger partial charge is 0.0480 e. The van der Waals surface area contributed by atoms with Gasteiger partial charge in [-0.2, -0.15) is 0 Å². The van der Waals surface area contributed by atoms with Crippen molar-refractivity contribution >= 4 is 0 Å². The first-order chi connectivity index (χ1) is 7.70. The summed E-state index contributed by atoms with van der Waals surface area (Å²) in [4.78, 5) is 2.50. The second-order valence-corrected chi connectivity index (χ2v) is 4.94. The van der Waals surface area contributed by atoms with Crippen LogP contribution in [0.15, 0.2) is 0 Å². The molecule has 0 aromatic rings. The molecule has 0 radical (unpaired) electrons. The zero-order chi connectivity index (χ0) is 12.0. The molecule has 96 valence electrons. The van der Waals surface area contributed by atoms with Gasteiger partial charge in [-0.15, -0.1) is 0 Å². The molecular weight excluding hydrogens is 200 g/mol. The molecule has 1 rings (SSSR count). The summed E-state index contributed by atoms with van der Waals surface area (Å²) < 4.78 is 5.41. The average molecular weight is 228 g/mol. The van der Waals surface area contributed by atoms with Crippen molar-refractivity contribution < 1.29 is 4.74 Å². The van der Waals surface area contributed by atoms with Crippen LogP contribution < -0.4 is 5.73 Å². The highest BCUT2D eigenvalue weighted by atomic mass is 16.5. The fourth-order valence-corrected chi connectivity index (χ4v) is 2.78. The topological polar surface area (TPSA) is 38.5 Å². The molecular formula is C13H28N2O. The Kier molecular flexibility index (Phi) is 6.32. The highest BCUT2D eigenvalue weighted by Crippen LogP contribution is 2.19. The molecule has 2 N–H and O–H groups in total. The van der Waals surface area contributed by atoms with Gasteiger partial charge < -0.3 is 10.5 Å². The normalized spacial score (nSPS) is 22.3. The maximum absolute atomic E-state index is 6.27. The van der Waals surface area contributed by atoms with Crippen molar-refractivity contribution in [2.75, 3.05) is 20.3 Å². The third kappa shape index (κ3) is 3.72. The van der Waals surface area contributed by atoms with Crippen LogP contribution in [0.1, 0.15) is 46.0 Å². The van der Waals surface area contributed by atoms with Crippen LogP contribution in [0.2, 0.25) is 0 Å². The van der Waals surface area contributed by atoms with Crippen molar-refractivity contribution in [3.63, 3.8) is 0 Å². The number of hydrogen-bond donors (Lipinski definition) is 1. The molecule has 0 aromatic heterocycles. The van der Waals surface area contributed by atoms with E-state index in [1.165, 1.54) is 6.42 Å². The summed E-state index contributed by atoms with van der Waals surface area (Å²) in [6.07, 6.45) is 5.78. The Hall–Kier alpha value is -0.120. The fraction of sp³-hybridized carbons (Fsp3) is 1.00. The Morgan fingerprint density at radius 2 is 1.94 bits per heavy atom. The molecule has 0 spiro atoms. The minimum atomic E-state index is 0.322. The Morgan fingerprint density at radius 3 is 2.44 bits per heavy atom. The summed E-state index contributed by atoms with van der Waals surface area (Å²) in [5, 5.41) is 0. The summed E-state index contributed by atoms with van der Waals surface area (Å²) in [7, 11) is 2.24. The quantitative estimate of drug-likeness (QED) is 0.756. The van der Waals surface area contributed by atoms with Crippen LogP contribution in [0.25, 0.3) is 0 Å². The lowest BCUT2D eigenvalue weighted by atomic mass is 9.97.